The van der Waals surface area contributed by atoms with Crippen LogP contribution in [0.4, 0.5) is 10.1 Å². The van der Waals surface area contributed by atoms with Crippen molar-refractivity contribution < 1.29 is 23.9 Å². The molecule has 2 rings (SSSR count). The zero-order valence-electron chi connectivity index (χ0n) is 12.5. The van der Waals surface area contributed by atoms with Crippen LogP contribution in [-0.4, -0.2) is 29.4 Å². The Kier molecular flexibility index (Phi) is 5.67. The third kappa shape index (κ3) is 5.05. The molecule has 0 spiro atoms. The van der Waals surface area contributed by atoms with Crippen LogP contribution in [0.25, 0.3) is 0 Å². The average Bonchev–Trinajstić information content (AvgIpc) is 2.52. The Morgan fingerprint density at radius 2 is 1.96 bits per heavy atom. The number of carbonyl (C=O) groups is 3. The number of hydrogen-bond acceptors (Lipinski definition) is 3. The van der Waals surface area contributed by atoms with Crippen molar-refractivity contribution in [1.82, 2.24) is 5.32 Å². The first-order chi connectivity index (χ1) is 11.0. The van der Waals surface area contributed by atoms with E-state index in [4.69, 9.17) is 5.11 Å². The van der Waals surface area contributed by atoms with Gasteiger partial charge in [-0.25, -0.2) is 4.39 Å². The molecule has 6 nitrogen and oxygen atoms in total. The second kappa shape index (κ2) is 7.71. The van der Waals surface area contributed by atoms with Crippen molar-refractivity contribution in [3.63, 3.8) is 0 Å². The first-order valence-corrected chi connectivity index (χ1v) is 7.51. The van der Waals surface area contributed by atoms with Crippen LogP contribution in [0.15, 0.2) is 24.3 Å². The van der Waals surface area contributed by atoms with Crippen LogP contribution < -0.4 is 10.6 Å². The maximum atomic E-state index is 13.0. The number of rotatable bonds is 5. The summed E-state index contributed by atoms with van der Waals surface area (Å²) in [5, 5.41) is 14.0. The molecule has 1 aliphatic carbocycles. The quantitative estimate of drug-likeness (QED) is 0.770. The summed E-state index contributed by atoms with van der Waals surface area (Å²) in [6.45, 7) is -0.233. The van der Waals surface area contributed by atoms with Crippen LogP contribution in [-0.2, 0) is 14.4 Å². The van der Waals surface area contributed by atoms with E-state index < -0.39 is 23.6 Å². The summed E-state index contributed by atoms with van der Waals surface area (Å²) in [6.07, 6.45) is 2.19. The van der Waals surface area contributed by atoms with Crippen molar-refractivity contribution in [1.29, 1.82) is 0 Å². The largest absolute Gasteiger partial charge is 0.481 e. The molecule has 1 aliphatic rings. The number of hydrogen-bond donors (Lipinski definition) is 3. The number of carbonyl (C=O) groups excluding carboxylic acids is 2. The standard InChI is InChI=1S/C16H19FN2O4/c17-12-5-2-6-13(8-12)19-14(20)9-18-15(21)10-3-1-4-11(7-10)16(22)23/h2,5-6,8,10-11H,1,3-4,7,9H2,(H,18,21)(H,19,20)(H,22,23). The van der Waals surface area contributed by atoms with E-state index in [1.165, 1.54) is 18.2 Å². The highest BCUT2D eigenvalue weighted by molar-refractivity contribution is 5.94. The molecule has 0 heterocycles. The van der Waals surface area contributed by atoms with E-state index in [9.17, 15) is 18.8 Å². The van der Waals surface area contributed by atoms with Crippen LogP contribution in [0.5, 0.6) is 0 Å². The number of benzene rings is 1. The van der Waals surface area contributed by atoms with Gasteiger partial charge in [0.2, 0.25) is 11.8 Å². The molecule has 2 amide bonds. The number of nitrogens with one attached hydrogen (secondary N) is 2. The van der Waals surface area contributed by atoms with E-state index in [0.717, 1.165) is 0 Å². The normalized spacial score (nSPS) is 20.6. The molecule has 0 aromatic heterocycles. The van der Waals surface area contributed by atoms with Crippen LogP contribution in [0.3, 0.4) is 0 Å². The van der Waals surface area contributed by atoms with E-state index in [1.807, 2.05) is 0 Å². The van der Waals surface area contributed by atoms with Gasteiger partial charge < -0.3 is 15.7 Å². The Labute approximate surface area is 133 Å². The van der Waals surface area contributed by atoms with Gasteiger partial charge >= 0.3 is 5.97 Å². The van der Waals surface area contributed by atoms with Gasteiger partial charge in [0, 0.05) is 11.6 Å². The van der Waals surface area contributed by atoms with Crippen LogP contribution in [0.1, 0.15) is 25.7 Å². The van der Waals surface area contributed by atoms with Gasteiger partial charge in [-0.1, -0.05) is 12.5 Å². The van der Waals surface area contributed by atoms with Gasteiger partial charge in [0.15, 0.2) is 0 Å². The van der Waals surface area contributed by atoms with Crippen molar-refractivity contribution in [2.75, 3.05) is 11.9 Å². The SMILES string of the molecule is O=C(CNC(=O)C1CCCC(C(=O)O)C1)Nc1cccc(F)c1. The van der Waals surface area contributed by atoms with E-state index in [-0.39, 0.29) is 18.4 Å². The van der Waals surface area contributed by atoms with Gasteiger partial charge in [-0.2, -0.15) is 0 Å². The van der Waals surface area contributed by atoms with Crippen molar-refractivity contribution in [3.05, 3.63) is 30.1 Å². The Morgan fingerprint density at radius 3 is 2.65 bits per heavy atom. The summed E-state index contributed by atoms with van der Waals surface area (Å²) < 4.78 is 13.0. The molecule has 124 valence electrons. The lowest BCUT2D eigenvalue weighted by Gasteiger charge is -2.25. The first-order valence-electron chi connectivity index (χ1n) is 7.51. The van der Waals surface area contributed by atoms with E-state index in [2.05, 4.69) is 10.6 Å². The molecule has 3 N–H and O–H groups in total. The summed E-state index contributed by atoms with van der Waals surface area (Å²) in [4.78, 5) is 34.8. The monoisotopic (exact) mass is 322 g/mol. The van der Waals surface area contributed by atoms with Gasteiger partial charge in [0.1, 0.15) is 5.82 Å². The Balaban J connectivity index is 1.79. The number of amides is 2. The van der Waals surface area contributed by atoms with E-state index in [0.29, 0.717) is 31.4 Å². The lowest BCUT2D eigenvalue weighted by molar-refractivity contribution is -0.144. The predicted octanol–water partition coefficient (Wildman–Crippen LogP) is 1.77. The second-order valence-electron chi connectivity index (χ2n) is 5.68. The molecule has 0 saturated heterocycles. The molecule has 2 unspecified atom stereocenters. The van der Waals surface area contributed by atoms with Crippen molar-refractivity contribution >= 4 is 23.5 Å². The van der Waals surface area contributed by atoms with Gasteiger partial charge in [-0.15, -0.1) is 0 Å². The fourth-order valence-electron chi connectivity index (χ4n) is 2.74. The van der Waals surface area contributed by atoms with Crippen molar-refractivity contribution in [2.45, 2.75) is 25.7 Å². The lowest BCUT2D eigenvalue weighted by atomic mass is 9.81. The molecule has 1 aromatic rings. The number of carboxylic acids is 1. The predicted molar refractivity (Wildman–Crippen MR) is 81.1 cm³/mol. The molecule has 1 aromatic carbocycles. The topological polar surface area (TPSA) is 95.5 Å². The Bertz CT molecular complexity index is 605. The summed E-state index contributed by atoms with van der Waals surface area (Å²) in [5.74, 6) is -3.01. The van der Waals surface area contributed by atoms with Gasteiger partial charge in [-0.05, 0) is 37.5 Å². The third-order valence-corrected chi connectivity index (χ3v) is 3.93. The molecule has 1 fully saturated rings. The summed E-state index contributed by atoms with van der Waals surface area (Å²) in [5.41, 5.74) is 0.313. The molecule has 0 bridgehead atoms. The molecule has 7 heteroatoms. The highest BCUT2D eigenvalue weighted by Crippen LogP contribution is 2.29. The minimum atomic E-state index is -0.883. The maximum absolute atomic E-state index is 13.0. The van der Waals surface area contributed by atoms with Crippen molar-refractivity contribution in [2.24, 2.45) is 11.8 Å². The fourth-order valence-corrected chi connectivity index (χ4v) is 2.74. The second-order valence-corrected chi connectivity index (χ2v) is 5.68. The third-order valence-electron chi connectivity index (χ3n) is 3.93. The Hall–Kier alpha value is -2.44. The minimum absolute atomic E-state index is 0.233. The highest BCUT2D eigenvalue weighted by Gasteiger charge is 2.31. The maximum Gasteiger partial charge on any atom is 0.306 e. The van der Waals surface area contributed by atoms with Gasteiger partial charge in [-0.3, -0.25) is 14.4 Å². The average molecular weight is 322 g/mol. The number of aliphatic carboxylic acids is 1. The zero-order valence-corrected chi connectivity index (χ0v) is 12.5. The van der Waals surface area contributed by atoms with E-state index >= 15 is 0 Å². The highest BCUT2D eigenvalue weighted by atomic mass is 19.1. The van der Waals surface area contributed by atoms with Crippen LogP contribution in [0.2, 0.25) is 0 Å². The number of anilines is 1. The van der Waals surface area contributed by atoms with Crippen molar-refractivity contribution in [3.8, 4) is 0 Å². The van der Waals surface area contributed by atoms with Gasteiger partial charge in [0.05, 0.1) is 12.5 Å². The van der Waals surface area contributed by atoms with Crippen LogP contribution in [0, 0.1) is 17.7 Å². The molecule has 0 aliphatic heterocycles. The Morgan fingerprint density at radius 1 is 1.22 bits per heavy atom. The smallest absolute Gasteiger partial charge is 0.306 e. The molecule has 2 atom stereocenters. The molecular weight excluding hydrogens is 303 g/mol. The minimum Gasteiger partial charge on any atom is -0.481 e. The first kappa shape index (κ1) is 16.9. The van der Waals surface area contributed by atoms with E-state index in [1.54, 1.807) is 6.07 Å². The number of halogens is 1. The lowest BCUT2D eigenvalue weighted by Crippen LogP contribution is -2.39. The zero-order chi connectivity index (χ0) is 16.8. The molecule has 1 saturated carbocycles. The van der Waals surface area contributed by atoms with Crippen LogP contribution >= 0.6 is 0 Å². The molecule has 0 radical (unpaired) electrons. The fraction of sp³-hybridized carbons (Fsp3) is 0.438. The summed E-state index contributed by atoms with van der Waals surface area (Å²) in [6, 6.07) is 5.46. The molecule has 23 heavy (non-hydrogen) atoms. The number of carboxylic acid groups (broad SMARTS) is 1. The van der Waals surface area contributed by atoms with Gasteiger partial charge in [0.25, 0.3) is 0 Å². The summed E-state index contributed by atoms with van der Waals surface area (Å²) in [7, 11) is 0. The molecular formula is C16H19FN2O4. The summed E-state index contributed by atoms with van der Waals surface area (Å²) >= 11 is 0.